The number of carbonyl (C=O) groups excluding carboxylic acids is 2. The molecular weight excluding hydrogens is 362 g/mol. The molecule has 1 N–H and O–H groups in total. The second-order valence-electron chi connectivity index (χ2n) is 7.67. The van der Waals surface area contributed by atoms with Crippen LogP contribution in [0.3, 0.4) is 0 Å². The molecular formula is C19H25N5O2S. The van der Waals surface area contributed by atoms with Crippen LogP contribution in [-0.2, 0) is 17.3 Å². The molecule has 3 rings (SSSR count). The fraction of sp³-hybridized carbons (Fsp3) is 0.474. The standard InChI is InChI=1S/C19H25N5O2S/c1-12(16(25)24-11-10-20-17(24)26)27-18-22-21-15(23(18)5)13-6-8-14(9-7-13)19(2,3)4/h6-9,12H,10-11H2,1-5H3,(H,20,26)/t12-/m0/s1. The van der Waals surface area contributed by atoms with E-state index in [0.29, 0.717) is 18.2 Å². The van der Waals surface area contributed by atoms with E-state index in [1.54, 1.807) is 6.92 Å². The van der Waals surface area contributed by atoms with E-state index >= 15 is 0 Å². The van der Waals surface area contributed by atoms with Crippen molar-refractivity contribution in [3.05, 3.63) is 29.8 Å². The summed E-state index contributed by atoms with van der Waals surface area (Å²) in [6.07, 6.45) is 0. The third-order valence-corrected chi connectivity index (χ3v) is 5.72. The van der Waals surface area contributed by atoms with Gasteiger partial charge in [0.05, 0.1) is 5.25 Å². The van der Waals surface area contributed by atoms with E-state index in [1.165, 1.54) is 22.2 Å². The summed E-state index contributed by atoms with van der Waals surface area (Å²) in [6, 6.07) is 7.97. The Morgan fingerprint density at radius 1 is 1.22 bits per heavy atom. The number of hydrogen-bond donors (Lipinski definition) is 1. The fourth-order valence-corrected chi connectivity index (χ4v) is 3.77. The fourth-order valence-electron chi connectivity index (χ4n) is 2.90. The first-order valence-corrected chi connectivity index (χ1v) is 9.82. The van der Waals surface area contributed by atoms with E-state index in [1.807, 2.05) is 23.7 Å². The molecule has 0 saturated carbocycles. The molecule has 2 aromatic rings. The topological polar surface area (TPSA) is 80.1 Å². The summed E-state index contributed by atoms with van der Waals surface area (Å²) in [7, 11) is 1.88. The number of hydrogen-bond acceptors (Lipinski definition) is 5. The van der Waals surface area contributed by atoms with Crippen LogP contribution < -0.4 is 5.32 Å². The van der Waals surface area contributed by atoms with Gasteiger partial charge in [0.25, 0.3) is 0 Å². The third kappa shape index (κ3) is 4.00. The molecule has 1 saturated heterocycles. The molecule has 1 aliphatic heterocycles. The number of rotatable bonds is 4. The van der Waals surface area contributed by atoms with Gasteiger partial charge in [-0.1, -0.05) is 56.8 Å². The van der Waals surface area contributed by atoms with Crippen LogP contribution in [0.4, 0.5) is 4.79 Å². The maximum absolute atomic E-state index is 12.5. The molecule has 144 valence electrons. The van der Waals surface area contributed by atoms with Gasteiger partial charge in [-0.2, -0.15) is 0 Å². The lowest BCUT2D eigenvalue weighted by atomic mass is 9.87. The number of benzene rings is 1. The molecule has 8 heteroatoms. The first kappa shape index (κ1) is 19.4. The van der Waals surface area contributed by atoms with Crippen molar-refractivity contribution < 1.29 is 9.59 Å². The summed E-state index contributed by atoms with van der Waals surface area (Å²) in [5.74, 6) is 0.533. The van der Waals surface area contributed by atoms with Gasteiger partial charge in [-0.25, -0.2) is 4.79 Å². The number of nitrogens with one attached hydrogen (secondary N) is 1. The Bertz CT molecular complexity index is 854. The molecule has 0 unspecified atom stereocenters. The number of imide groups is 1. The van der Waals surface area contributed by atoms with Gasteiger partial charge in [0.1, 0.15) is 0 Å². The van der Waals surface area contributed by atoms with Gasteiger partial charge < -0.3 is 9.88 Å². The Balaban J connectivity index is 1.75. The lowest BCUT2D eigenvalue weighted by Crippen LogP contribution is -2.39. The normalized spacial score (nSPS) is 15.7. The predicted molar refractivity (Wildman–Crippen MR) is 106 cm³/mol. The van der Waals surface area contributed by atoms with Crippen LogP contribution >= 0.6 is 11.8 Å². The number of aromatic nitrogens is 3. The second-order valence-corrected chi connectivity index (χ2v) is 8.98. The Hall–Kier alpha value is -2.35. The number of amides is 3. The van der Waals surface area contributed by atoms with E-state index in [4.69, 9.17) is 0 Å². The minimum atomic E-state index is -0.423. The molecule has 2 heterocycles. The predicted octanol–water partition coefficient (Wildman–Crippen LogP) is 2.81. The highest BCUT2D eigenvalue weighted by Gasteiger charge is 2.31. The van der Waals surface area contributed by atoms with Crippen molar-refractivity contribution >= 4 is 23.7 Å². The van der Waals surface area contributed by atoms with Crippen LogP contribution in [-0.4, -0.2) is 49.9 Å². The molecule has 27 heavy (non-hydrogen) atoms. The zero-order valence-corrected chi connectivity index (χ0v) is 17.1. The molecule has 1 atom stereocenters. The highest BCUT2D eigenvalue weighted by molar-refractivity contribution is 8.00. The number of carbonyl (C=O) groups is 2. The van der Waals surface area contributed by atoms with E-state index in [2.05, 4.69) is 48.4 Å². The van der Waals surface area contributed by atoms with Gasteiger partial charge in [0.15, 0.2) is 11.0 Å². The van der Waals surface area contributed by atoms with Crippen LogP contribution in [0, 0.1) is 0 Å². The maximum Gasteiger partial charge on any atom is 0.324 e. The molecule has 0 aliphatic carbocycles. The molecule has 1 aliphatic rings. The van der Waals surface area contributed by atoms with Gasteiger partial charge >= 0.3 is 6.03 Å². The van der Waals surface area contributed by atoms with Crippen molar-refractivity contribution in [3.8, 4) is 11.4 Å². The minimum Gasteiger partial charge on any atom is -0.336 e. The molecule has 1 aromatic heterocycles. The van der Waals surface area contributed by atoms with Crippen molar-refractivity contribution in [2.45, 2.75) is 43.5 Å². The summed E-state index contributed by atoms with van der Waals surface area (Å²) >= 11 is 1.31. The zero-order valence-electron chi connectivity index (χ0n) is 16.3. The van der Waals surface area contributed by atoms with Crippen LogP contribution in [0.25, 0.3) is 11.4 Å². The van der Waals surface area contributed by atoms with Gasteiger partial charge in [0.2, 0.25) is 5.91 Å². The smallest absolute Gasteiger partial charge is 0.324 e. The lowest BCUT2D eigenvalue weighted by Gasteiger charge is -2.19. The van der Waals surface area contributed by atoms with Crippen molar-refractivity contribution in [2.75, 3.05) is 13.1 Å². The van der Waals surface area contributed by atoms with E-state index in [9.17, 15) is 9.59 Å². The first-order valence-electron chi connectivity index (χ1n) is 8.94. The largest absolute Gasteiger partial charge is 0.336 e. The molecule has 3 amide bonds. The molecule has 0 spiro atoms. The number of nitrogens with zero attached hydrogens (tertiary/aromatic N) is 4. The zero-order chi connectivity index (χ0) is 19.8. The maximum atomic E-state index is 12.5. The molecule has 0 bridgehead atoms. The van der Waals surface area contributed by atoms with Gasteiger partial charge in [0, 0.05) is 25.7 Å². The average molecular weight is 388 g/mol. The van der Waals surface area contributed by atoms with Crippen LogP contribution in [0.2, 0.25) is 0 Å². The van der Waals surface area contributed by atoms with Crippen LogP contribution in [0.1, 0.15) is 33.3 Å². The summed E-state index contributed by atoms with van der Waals surface area (Å²) in [5, 5.41) is 11.4. The summed E-state index contributed by atoms with van der Waals surface area (Å²) in [6.45, 7) is 9.23. The van der Waals surface area contributed by atoms with Crippen LogP contribution in [0.5, 0.6) is 0 Å². The highest BCUT2D eigenvalue weighted by atomic mass is 32.2. The van der Waals surface area contributed by atoms with Gasteiger partial charge in [-0.05, 0) is 17.9 Å². The monoisotopic (exact) mass is 387 g/mol. The second kappa shape index (κ2) is 7.34. The summed E-state index contributed by atoms with van der Waals surface area (Å²) in [4.78, 5) is 25.4. The van der Waals surface area contributed by atoms with E-state index < -0.39 is 5.25 Å². The Labute approximate surface area is 163 Å². The Morgan fingerprint density at radius 2 is 1.89 bits per heavy atom. The number of urea groups is 1. The molecule has 7 nitrogen and oxygen atoms in total. The van der Waals surface area contributed by atoms with Gasteiger partial charge in [-0.15, -0.1) is 10.2 Å². The van der Waals surface area contributed by atoms with Crippen molar-refractivity contribution in [2.24, 2.45) is 7.05 Å². The molecule has 1 fully saturated rings. The summed E-state index contributed by atoms with van der Waals surface area (Å²) < 4.78 is 1.88. The van der Waals surface area contributed by atoms with Crippen molar-refractivity contribution in [1.82, 2.24) is 25.0 Å². The highest BCUT2D eigenvalue weighted by Crippen LogP contribution is 2.28. The third-order valence-electron chi connectivity index (χ3n) is 4.60. The van der Waals surface area contributed by atoms with Gasteiger partial charge in [-0.3, -0.25) is 9.69 Å². The summed E-state index contributed by atoms with van der Waals surface area (Å²) in [5.41, 5.74) is 2.32. The quantitative estimate of drug-likeness (QED) is 0.816. The Kier molecular flexibility index (Phi) is 5.28. The van der Waals surface area contributed by atoms with E-state index in [0.717, 1.165) is 11.4 Å². The number of thioether (sulfide) groups is 1. The molecule has 1 aromatic carbocycles. The SMILES string of the molecule is C[C@H](Sc1nnc(-c2ccc(C(C)(C)C)cc2)n1C)C(=O)N1CCNC1=O. The lowest BCUT2D eigenvalue weighted by molar-refractivity contribution is -0.126. The van der Waals surface area contributed by atoms with E-state index in [-0.39, 0.29) is 17.4 Å². The first-order chi connectivity index (χ1) is 12.7. The van der Waals surface area contributed by atoms with Crippen molar-refractivity contribution in [1.29, 1.82) is 0 Å². The average Bonchev–Trinajstić information content (AvgIpc) is 3.20. The molecule has 0 radical (unpaired) electrons. The minimum absolute atomic E-state index is 0.0943. The van der Waals surface area contributed by atoms with Crippen molar-refractivity contribution in [3.63, 3.8) is 0 Å². The Morgan fingerprint density at radius 3 is 2.44 bits per heavy atom. The van der Waals surface area contributed by atoms with Crippen LogP contribution in [0.15, 0.2) is 29.4 Å².